The summed E-state index contributed by atoms with van der Waals surface area (Å²) >= 11 is 0. The van der Waals surface area contributed by atoms with E-state index in [4.69, 9.17) is 8.83 Å². The number of anilines is 3. The Morgan fingerprint density at radius 1 is 0.321 bits per heavy atom. The number of fused-ring (bicyclic) bond motifs is 6. The maximum absolute atomic E-state index is 7.43. The van der Waals surface area contributed by atoms with Gasteiger partial charge in [0, 0.05) is 78.3 Å². The van der Waals surface area contributed by atoms with Crippen LogP contribution in [-0.4, -0.2) is 7.05 Å². The first kappa shape index (κ1) is 50.3. The van der Waals surface area contributed by atoms with Crippen LogP contribution in [0.3, 0.4) is 0 Å². The Balaban J connectivity index is 1.10. The fraction of sp³-hybridized carbons (Fsp3) is 0.169. The van der Waals surface area contributed by atoms with Crippen molar-refractivity contribution >= 4 is 110 Å². The molecule has 0 N–H and O–H groups in total. The van der Waals surface area contributed by atoms with Crippen LogP contribution in [0.1, 0.15) is 84.0 Å². The van der Waals surface area contributed by atoms with Crippen LogP contribution >= 0.6 is 0 Å². The first-order valence-electron chi connectivity index (χ1n) is 28.8. The van der Waals surface area contributed by atoms with E-state index in [1.807, 2.05) is 0 Å². The molecule has 2 heterocycles. The molecule has 14 rings (SSSR count). The Kier molecular flexibility index (Phi) is 11.7. The van der Waals surface area contributed by atoms with Crippen LogP contribution in [0.25, 0.3) is 98.4 Å². The van der Waals surface area contributed by atoms with Gasteiger partial charge in [-0.05, 0) is 144 Å². The minimum absolute atomic E-state index is 0.211. The van der Waals surface area contributed by atoms with Gasteiger partial charge in [-0.3, -0.25) is 0 Å². The van der Waals surface area contributed by atoms with Crippen molar-refractivity contribution in [2.75, 3.05) is 11.9 Å². The van der Waals surface area contributed by atoms with Gasteiger partial charge in [-0.1, -0.05) is 179 Å². The molecule has 12 aromatic carbocycles. The number of aryl methyl sites for hydroxylation is 6. The van der Waals surface area contributed by atoms with Crippen LogP contribution in [0.15, 0.2) is 203 Å². The molecule has 0 radical (unpaired) electrons. The van der Waals surface area contributed by atoms with Crippen molar-refractivity contribution in [2.24, 2.45) is 0 Å². The number of benzene rings is 12. The summed E-state index contributed by atoms with van der Waals surface area (Å²) in [6.07, 6.45) is 0. The van der Waals surface area contributed by atoms with Crippen molar-refractivity contribution in [2.45, 2.75) is 81.1 Å². The van der Waals surface area contributed by atoms with Gasteiger partial charge in [-0.25, -0.2) is 4.48 Å². The quantitative estimate of drug-likeness (QED) is 0.101. The highest BCUT2D eigenvalue weighted by Crippen LogP contribution is 2.56. The van der Waals surface area contributed by atoms with Crippen molar-refractivity contribution in [3.05, 3.63) is 239 Å². The fourth-order valence-corrected chi connectivity index (χ4v) is 13.8. The number of quaternary nitrogens is 1. The van der Waals surface area contributed by atoms with Gasteiger partial charge in [0.25, 0.3) is 0 Å². The second-order valence-corrected chi connectivity index (χ2v) is 23.8. The smallest absolute Gasteiger partial charge is 0.196 e. The number of hydrogen-bond donors (Lipinski definition) is 0. The number of rotatable bonds is 10. The lowest BCUT2D eigenvalue weighted by atomic mass is 9.83. The summed E-state index contributed by atoms with van der Waals surface area (Å²) in [5.74, 6) is 0.424. The molecular weight excluding hydrogens is 985 g/mol. The van der Waals surface area contributed by atoms with Crippen molar-refractivity contribution in [1.82, 2.24) is 4.48 Å². The van der Waals surface area contributed by atoms with E-state index in [9.17, 15) is 0 Å². The number of furan rings is 2. The Hall–Kier alpha value is -8.96. The van der Waals surface area contributed by atoms with E-state index in [1.54, 1.807) is 0 Å². The molecule has 0 bridgehead atoms. The van der Waals surface area contributed by atoms with E-state index in [1.165, 1.54) is 99.3 Å². The fourth-order valence-electron chi connectivity index (χ4n) is 13.8. The van der Waals surface area contributed by atoms with Gasteiger partial charge >= 0.3 is 0 Å². The first-order chi connectivity index (χ1) is 39.2. The van der Waals surface area contributed by atoms with Crippen LogP contribution in [0.4, 0.5) is 34.1 Å². The lowest BCUT2D eigenvalue weighted by Crippen LogP contribution is -2.35. The molecule has 4 nitrogen and oxygen atoms in total. The number of hydrogen-bond acceptors (Lipinski definition) is 3. The maximum Gasteiger partial charge on any atom is 0.196 e. The third-order valence-corrected chi connectivity index (χ3v) is 17.9. The highest BCUT2D eigenvalue weighted by Gasteiger charge is 2.40. The molecule has 0 fully saturated rings. The largest absolute Gasteiger partial charge is 0.453 e. The molecule has 0 saturated heterocycles. The normalized spacial score (nSPS) is 13.0. The van der Waals surface area contributed by atoms with E-state index in [0.717, 1.165) is 77.8 Å². The molecule has 0 spiro atoms. The van der Waals surface area contributed by atoms with E-state index in [0.29, 0.717) is 4.48 Å². The Morgan fingerprint density at radius 3 is 1.42 bits per heavy atom. The molecule has 2 aromatic heterocycles. The molecule has 0 aliphatic heterocycles. The van der Waals surface area contributed by atoms with Gasteiger partial charge in [-0.2, -0.15) is 0 Å². The average Bonchev–Trinajstić information content (AvgIpc) is 3.27. The molecule has 1 atom stereocenters. The molecule has 0 saturated carbocycles. The number of nitrogens with zero attached hydrogens (tertiary/aromatic N) is 2. The lowest BCUT2D eigenvalue weighted by molar-refractivity contribution is 0.603. The van der Waals surface area contributed by atoms with Gasteiger partial charge in [-0.15, -0.1) is 0 Å². The Bertz CT molecular complexity index is 4870. The van der Waals surface area contributed by atoms with Crippen LogP contribution in [0.2, 0.25) is 0 Å². The standard InChI is InChI=1S/C77H67N2O2/c1-44(2)64-42-68(78(67-40-46(5)32-34-50(67)9)66-30-18-28-60-58-26-16-24-56(74(58)80-76(60)66)52-22-14-12-20-48(52)7)62-38-36-55-65(45(3)4)43-71(63-39-37-54(64)72(62)73(55)63)79(11,70-41-47(6)33-35-51(70)10)69-31-19-29-61-59-27-17-25-57(75(59)81-77(61)69)53-23-15-13-21-49(53)8/h12-45H,1-11H3/q+1. The summed E-state index contributed by atoms with van der Waals surface area (Å²) in [4.78, 5) is 2.52. The zero-order valence-electron chi connectivity index (χ0n) is 48.3. The monoisotopic (exact) mass is 1050 g/mol. The SMILES string of the molecule is Cc1ccc(C)c(N(c2cc(C(C)C)c3ccc4c([N+](C)(c5cc(C)ccc5C)c5cccc6c5oc5c(-c7ccccc7C)cccc56)cc(C(C)C)c5ccc2c3c54)c2cccc3c2oc2c(-c4ccccc4C)cccc23)c1. The molecule has 0 amide bonds. The van der Waals surface area contributed by atoms with Gasteiger partial charge in [0.15, 0.2) is 22.5 Å². The zero-order chi connectivity index (χ0) is 55.7. The topological polar surface area (TPSA) is 29.5 Å². The highest BCUT2D eigenvalue weighted by atomic mass is 16.3. The van der Waals surface area contributed by atoms with Crippen molar-refractivity contribution in [1.29, 1.82) is 0 Å². The molecule has 396 valence electrons. The summed E-state index contributed by atoms with van der Waals surface area (Å²) in [6.45, 7) is 22.7. The third-order valence-electron chi connectivity index (χ3n) is 17.9. The zero-order valence-corrected chi connectivity index (χ0v) is 48.3. The molecular formula is C77H67N2O2+. The molecule has 0 aliphatic rings. The van der Waals surface area contributed by atoms with Gasteiger partial charge in [0.1, 0.15) is 16.9 Å². The predicted octanol–water partition coefficient (Wildman–Crippen LogP) is 22.9. The van der Waals surface area contributed by atoms with Crippen molar-refractivity contribution in [3.63, 3.8) is 0 Å². The van der Waals surface area contributed by atoms with Gasteiger partial charge in [0.05, 0.1) is 18.4 Å². The number of para-hydroxylation sites is 4. The second kappa shape index (κ2) is 18.8. The molecule has 1 unspecified atom stereocenters. The van der Waals surface area contributed by atoms with Crippen LogP contribution < -0.4 is 9.38 Å². The van der Waals surface area contributed by atoms with Gasteiger partial charge in [0.2, 0.25) is 0 Å². The van der Waals surface area contributed by atoms with E-state index >= 15 is 0 Å². The van der Waals surface area contributed by atoms with E-state index < -0.39 is 0 Å². The summed E-state index contributed by atoms with van der Waals surface area (Å²) in [5.41, 5.74) is 24.8. The summed E-state index contributed by atoms with van der Waals surface area (Å²) in [7, 11) is 2.41. The maximum atomic E-state index is 7.43. The Labute approximate surface area is 475 Å². The minimum Gasteiger partial charge on any atom is -0.453 e. The second-order valence-electron chi connectivity index (χ2n) is 23.8. The van der Waals surface area contributed by atoms with Gasteiger partial charge < -0.3 is 13.7 Å². The lowest BCUT2D eigenvalue weighted by Gasteiger charge is -2.36. The molecule has 81 heavy (non-hydrogen) atoms. The van der Waals surface area contributed by atoms with E-state index in [2.05, 4.69) is 275 Å². The minimum atomic E-state index is 0.211. The molecule has 0 aliphatic carbocycles. The summed E-state index contributed by atoms with van der Waals surface area (Å²) in [6, 6.07) is 72.5. The Morgan fingerprint density at radius 2 is 0.802 bits per heavy atom. The summed E-state index contributed by atoms with van der Waals surface area (Å²) < 4.78 is 15.2. The van der Waals surface area contributed by atoms with Crippen LogP contribution in [0, 0.1) is 41.5 Å². The van der Waals surface area contributed by atoms with Crippen molar-refractivity contribution in [3.8, 4) is 22.3 Å². The van der Waals surface area contributed by atoms with E-state index in [-0.39, 0.29) is 11.8 Å². The first-order valence-corrected chi connectivity index (χ1v) is 28.8. The highest BCUT2D eigenvalue weighted by molar-refractivity contribution is 6.30. The molecule has 14 aromatic rings. The molecule has 4 heteroatoms. The predicted molar refractivity (Wildman–Crippen MR) is 347 cm³/mol. The summed E-state index contributed by atoms with van der Waals surface area (Å²) in [5, 5.41) is 12.0. The van der Waals surface area contributed by atoms with Crippen LogP contribution in [0.5, 0.6) is 0 Å². The van der Waals surface area contributed by atoms with Crippen LogP contribution in [-0.2, 0) is 0 Å². The third kappa shape index (κ3) is 7.60. The van der Waals surface area contributed by atoms with Crippen molar-refractivity contribution < 1.29 is 8.83 Å². The average molecular weight is 1050 g/mol.